The highest BCUT2D eigenvalue weighted by molar-refractivity contribution is 5.07. The predicted octanol–water partition coefficient (Wildman–Crippen LogP) is 3.55. The van der Waals surface area contributed by atoms with Crippen molar-refractivity contribution in [3.05, 3.63) is 24.2 Å². The largest absolute Gasteiger partial charge is 0.472 e. The second kappa shape index (κ2) is 5.34. The highest BCUT2D eigenvalue weighted by Crippen LogP contribution is 2.41. The molecule has 1 heterocycles. The lowest BCUT2D eigenvalue weighted by Crippen LogP contribution is -2.34. The van der Waals surface area contributed by atoms with E-state index in [1.165, 1.54) is 12.5 Å². The van der Waals surface area contributed by atoms with Gasteiger partial charge < -0.3 is 9.52 Å². The van der Waals surface area contributed by atoms with Crippen molar-refractivity contribution in [1.82, 2.24) is 0 Å². The smallest absolute Gasteiger partial charge is 0.391 e. The number of halogens is 3. The average molecular weight is 262 g/mol. The molecule has 1 aliphatic carbocycles. The Bertz CT molecular complexity index is 359. The van der Waals surface area contributed by atoms with Gasteiger partial charge in [0.25, 0.3) is 0 Å². The summed E-state index contributed by atoms with van der Waals surface area (Å²) in [7, 11) is 0. The summed E-state index contributed by atoms with van der Waals surface area (Å²) in [6.07, 6.45) is -0.00836. The van der Waals surface area contributed by atoms with Gasteiger partial charge in [-0.1, -0.05) is 6.42 Å². The molecule has 1 fully saturated rings. The van der Waals surface area contributed by atoms with Gasteiger partial charge in [0.2, 0.25) is 0 Å². The highest BCUT2D eigenvalue weighted by atomic mass is 19.4. The maximum atomic E-state index is 12.7. The van der Waals surface area contributed by atoms with Crippen LogP contribution in [-0.2, 0) is 6.42 Å². The summed E-state index contributed by atoms with van der Waals surface area (Å²) in [6, 6.07) is 1.73. The second-order valence-electron chi connectivity index (χ2n) is 5.07. The lowest BCUT2D eigenvalue weighted by molar-refractivity contribution is -0.188. The summed E-state index contributed by atoms with van der Waals surface area (Å²) >= 11 is 0. The second-order valence-corrected chi connectivity index (χ2v) is 5.07. The molecule has 18 heavy (non-hydrogen) atoms. The molecular weight excluding hydrogens is 245 g/mol. The molecule has 1 aliphatic rings. The normalized spacial score (nSPS) is 27.1. The third-order valence-electron chi connectivity index (χ3n) is 3.75. The Kier molecular flexibility index (Phi) is 4.00. The van der Waals surface area contributed by atoms with Gasteiger partial charge in [-0.05, 0) is 36.8 Å². The van der Waals surface area contributed by atoms with Crippen LogP contribution >= 0.6 is 0 Å². The molecule has 2 rings (SSSR count). The molecule has 1 aromatic heterocycles. The number of hydrogen-bond donors (Lipinski definition) is 1. The van der Waals surface area contributed by atoms with Crippen LogP contribution in [0.25, 0.3) is 0 Å². The monoisotopic (exact) mass is 262 g/mol. The fourth-order valence-electron chi connectivity index (χ4n) is 2.69. The third-order valence-corrected chi connectivity index (χ3v) is 3.75. The van der Waals surface area contributed by atoms with Gasteiger partial charge in [0.05, 0.1) is 24.5 Å². The van der Waals surface area contributed by atoms with Crippen molar-refractivity contribution in [3.63, 3.8) is 0 Å². The van der Waals surface area contributed by atoms with E-state index in [4.69, 9.17) is 4.42 Å². The molecule has 3 unspecified atom stereocenters. The van der Waals surface area contributed by atoms with Gasteiger partial charge >= 0.3 is 6.18 Å². The van der Waals surface area contributed by atoms with E-state index in [-0.39, 0.29) is 18.8 Å². The van der Waals surface area contributed by atoms with Crippen LogP contribution in [0.15, 0.2) is 23.0 Å². The van der Waals surface area contributed by atoms with Crippen LogP contribution in [0.2, 0.25) is 0 Å². The first-order valence-corrected chi connectivity index (χ1v) is 6.22. The minimum atomic E-state index is -4.13. The maximum Gasteiger partial charge on any atom is 0.391 e. The molecule has 5 heteroatoms. The third kappa shape index (κ3) is 3.28. The molecule has 0 bridgehead atoms. The number of aliphatic hydroxyl groups is 1. The Labute approximate surface area is 104 Å². The molecule has 1 saturated carbocycles. The number of alkyl halides is 3. The van der Waals surface area contributed by atoms with Crippen molar-refractivity contribution in [2.24, 2.45) is 11.8 Å². The zero-order chi connectivity index (χ0) is 13.2. The zero-order valence-corrected chi connectivity index (χ0v) is 9.99. The molecule has 1 aromatic rings. The minimum Gasteiger partial charge on any atom is -0.472 e. The van der Waals surface area contributed by atoms with Crippen molar-refractivity contribution in [2.75, 3.05) is 0 Å². The minimum absolute atomic E-state index is 0.0442. The molecule has 0 amide bonds. The Balaban J connectivity index is 1.92. The first-order chi connectivity index (χ1) is 8.47. The highest BCUT2D eigenvalue weighted by Gasteiger charge is 2.43. The molecule has 0 spiro atoms. The van der Waals surface area contributed by atoms with Gasteiger partial charge in [0.1, 0.15) is 0 Å². The zero-order valence-electron chi connectivity index (χ0n) is 9.99. The maximum absolute atomic E-state index is 12.7. The lowest BCUT2D eigenvalue weighted by atomic mass is 9.77. The van der Waals surface area contributed by atoms with Crippen LogP contribution in [0.3, 0.4) is 0 Å². The Morgan fingerprint density at radius 2 is 2.17 bits per heavy atom. The van der Waals surface area contributed by atoms with E-state index in [1.54, 1.807) is 6.07 Å². The first kappa shape index (κ1) is 13.5. The van der Waals surface area contributed by atoms with Crippen molar-refractivity contribution < 1.29 is 22.7 Å². The summed E-state index contributed by atoms with van der Waals surface area (Å²) in [5.41, 5.74) is 0.830. The van der Waals surface area contributed by atoms with Gasteiger partial charge in [0.15, 0.2) is 0 Å². The molecular formula is C13H17F3O2. The summed E-state index contributed by atoms with van der Waals surface area (Å²) in [6.45, 7) is 0. The van der Waals surface area contributed by atoms with Crippen molar-refractivity contribution in [2.45, 2.75) is 44.4 Å². The van der Waals surface area contributed by atoms with Gasteiger partial charge in [-0.25, -0.2) is 0 Å². The molecule has 0 aliphatic heterocycles. The van der Waals surface area contributed by atoms with E-state index in [9.17, 15) is 18.3 Å². The van der Waals surface area contributed by atoms with E-state index in [0.717, 1.165) is 5.56 Å². The van der Waals surface area contributed by atoms with Crippen LogP contribution in [0.1, 0.15) is 31.2 Å². The van der Waals surface area contributed by atoms with Gasteiger partial charge in [-0.2, -0.15) is 13.2 Å². The summed E-state index contributed by atoms with van der Waals surface area (Å²) < 4.78 is 42.9. The van der Waals surface area contributed by atoms with Crippen LogP contribution < -0.4 is 0 Å². The average Bonchev–Trinajstić information content (AvgIpc) is 2.81. The van der Waals surface area contributed by atoms with E-state index in [0.29, 0.717) is 19.3 Å². The Morgan fingerprint density at radius 3 is 2.78 bits per heavy atom. The van der Waals surface area contributed by atoms with Crippen molar-refractivity contribution in [1.29, 1.82) is 0 Å². The molecule has 3 atom stereocenters. The van der Waals surface area contributed by atoms with Gasteiger partial charge in [0, 0.05) is 6.42 Å². The van der Waals surface area contributed by atoms with Crippen molar-refractivity contribution in [3.8, 4) is 0 Å². The quantitative estimate of drug-likeness (QED) is 0.903. The first-order valence-electron chi connectivity index (χ1n) is 6.22. The number of rotatable bonds is 3. The lowest BCUT2D eigenvalue weighted by Gasteiger charge is -2.33. The predicted molar refractivity (Wildman–Crippen MR) is 59.9 cm³/mol. The molecule has 0 aromatic carbocycles. The number of hydrogen-bond acceptors (Lipinski definition) is 2. The summed E-state index contributed by atoms with van der Waals surface area (Å²) in [5.74, 6) is -1.52. The van der Waals surface area contributed by atoms with E-state index >= 15 is 0 Å². The van der Waals surface area contributed by atoms with E-state index in [1.807, 2.05) is 0 Å². The van der Waals surface area contributed by atoms with E-state index < -0.39 is 18.2 Å². The van der Waals surface area contributed by atoms with Crippen LogP contribution in [0.4, 0.5) is 13.2 Å². The van der Waals surface area contributed by atoms with Crippen LogP contribution in [0.5, 0.6) is 0 Å². The standard InChI is InChI=1S/C13H17F3O2/c14-13(15,16)11-3-1-2-10(7-11)12(17)6-9-4-5-18-8-9/h4-5,8,10-12,17H,1-3,6-7H2. The van der Waals surface area contributed by atoms with Gasteiger partial charge in [-0.15, -0.1) is 0 Å². The van der Waals surface area contributed by atoms with Crippen LogP contribution in [-0.4, -0.2) is 17.4 Å². The van der Waals surface area contributed by atoms with Gasteiger partial charge in [-0.3, -0.25) is 0 Å². The molecule has 0 radical (unpaired) electrons. The molecule has 1 N–H and O–H groups in total. The topological polar surface area (TPSA) is 33.4 Å². The number of furan rings is 1. The summed E-state index contributed by atoms with van der Waals surface area (Å²) in [5, 5.41) is 10.0. The molecule has 102 valence electrons. The number of aliphatic hydroxyl groups excluding tert-OH is 1. The van der Waals surface area contributed by atoms with Crippen LogP contribution in [0, 0.1) is 11.8 Å². The Morgan fingerprint density at radius 1 is 1.39 bits per heavy atom. The molecule has 2 nitrogen and oxygen atoms in total. The Hall–Kier alpha value is -0.970. The molecule has 0 saturated heterocycles. The SMILES string of the molecule is OC(Cc1ccoc1)C1CCCC(C(F)(F)F)C1. The van der Waals surface area contributed by atoms with Crippen molar-refractivity contribution >= 4 is 0 Å². The summed E-state index contributed by atoms with van der Waals surface area (Å²) in [4.78, 5) is 0. The fourth-order valence-corrected chi connectivity index (χ4v) is 2.69. The van der Waals surface area contributed by atoms with E-state index in [2.05, 4.69) is 0 Å². The fraction of sp³-hybridized carbons (Fsp3) is 0.692.